The SMILES string of the molecule is NC(=O)c1cc(CNC(=O)O)ccc1O. The molecule has 15 heavy (non-hydrogen) atoms. The van der Waals surface area contributed by atoms with E-state index in [1.165, 1.54) is 18.2 Å². The summed E-state index contributed by atoms with van der Waals surface area (Å²) >= 11 is 0. The average Bonchev–Trinajstić information content (AvgIpc) is 2.16. The molecule has 0 bridgehead atoms. The molecule has 6 nitrogen and oxygen atoms in total. The number of carbonyl (C=O) groups is 2. The quantitative estimate of drug-likeness (QED) is 0.573. The number of carbonyl (C=O) groups excluding carboxylic acids is 1. The summed E-state index contributed by atoms with van der Waals surface area (Å²) < 4.78 is 0. The van der Waals surface area contributed by atoms with Crippen LogP contribution in [-0.2, 0) is 6.54 Å². The summed E-state index contributed by atoms with van der Waals surface area (Å²) in [6.45, 7) is 0.0515. The number of amides is 2. The molecule has 5 N–H and O–H groups in total. The molecule has 0 atom stereocenters. The zero-order valence-electron chi connectivity index (χ0n) is 7.73. The summed E-state index contributed by atoms with van der Waals surface area (Å²) in [5, 5.41) is 19.7. The number of aromatic hydroxyl groups is 1. The second-order valence-electron chi connectivity index (χ2n) is 2.87. The van der Waals surface area contributed by atoms with Crippen molar-refractivity contribution in [3.63, 3.8) is 0 Å². The van der Waals surface area contributed by atoms with E-state index in [1.54, 1.807) is 0 Å². The van der Waals surface area contributed by atoms with Crippen LogP contribution in [0.2, 0.25) is 0 Å². The lowest BCUT2D eigenvalue weighted by Crippen LogP contribution is -2.20. The average molecular weight is 210 g/mol. The van der Waals surface area contributed by atoms with Gasteiger partial charge in [-0.15, -0.1) is 0 Å². The number of carboxylic acid groups (broad SMARTS) is 1. The van der Waals surface area contributed by atoms with Crippen LogP contribution in [0, 0.1) is 0 Å². The fourth-order valence-electron chi connectivity index (χ4n) is 1.07. The summed E-state index contributed by atoms with van der Waals surface area (Å²) in [6.07, 6.45) is -1.16. The Kier molecular flexibility index (Phi) is 3.12. The van der Waals surface area contributed by atoms with Crippen molar-refractivity contribution in [3.8, 4) is 5.75 Å². The summed E-state index contributed by atoms with van der Waals surface area (Å²) in [4.78, 5) is 21.0. The minimum atomic E-state index is -1.16. The second-order valence-corrected chi connectivity index (χ2v) is 2.87. The number of phenols is 1. The maximum absolute atomic E-state index is 10.8. The Morgan fingerprint density at radius 3 is 2.60 bits per heavy atom. The van der Waals surface area contributed by atoms with Gasteiger partial charge in [-0.05, 0) is 17.7 Å². The molecular formula is C9H10N2O4. The van der Waals surface area contributed by atoms with Crippen LogP contribution in [0.3, 0.4) is 0 Å². The first-order chi connectivity index (χ1) is 7.00. The van der Waals surface area contributed by atoms with Gasteiger partial charge in [0.25, 0.3) is 5.91 Å². The van der Waals surface area contributed by atoms with Crippen LogP contribution in [0.15, 0.2) is 18.2 Å². The normalized spacial score (nSPS) is 9.60. The van der Waals surface area contributed by atoms with Crippen LogP contribution in [0.25, 0.3) is 0 Å². The van der Waals surface area contributed by atoms with Crippen molar-refractivity contribution in [2.45, 2.75) is 6.54 Å². The van der Waals surface area contributed by atoms with E-state index in [2.05, 4.69) is 5.32 Å². The highest BCUT2D eigenvalue weighted by atomic mass is 16.4. The molecule has 80 valence electrons. The summed E-state index contributed by atoms with van der Waals surface area (Å²) in [5.41, 5.74) is 5.52. The van der Waals surface area contributed by atoms with Gasteiger partial charge in [0.05, 0.1) is 5.56 Å². The molecule has 0 radical (unpaired) electrons. The Bertz CT molecular complexity index is 403. The Balaban J connectivity index is 2.87. The smallest absolute Gasteiger partial charge is 0.404 e. The largest absolute Gasteiger partial charge is 0.507 e. The molecule has 1 aromatic rings. The lowest BCUT2D eigenvalue weighted by molar-refractivity contribution is 0.0997. The van der Waals surface area contributed by atoms with Gasteiger partial charge in [0.2, 0.25) is 0 Å². The summed E-state index contributed by atoms with van der Waals surface area (Å²) in [6, 6.07) is 4.13. The highest BCUT2D eigenvalue weighted by Crippen LogP contribution is 2.17. The summed E-state index contributed by atoms with van der Waals surface area (Å²) in [7, 11) is 0. The minimum Gasteiger partial charge on any atom is -0.507 e. The Labute approximate surface area is 85.3 Å². The first kappa shape index (κ1) is 10.8. The molecule has 0 spiro atoms. The zero-order valence-corrected chi connectivity index (χ0v) is 7.73. The number of nitrogens with two attached hydrogens (primary N) is 1. The molecule has 0 saturated carbocycles. The lowest BCUT2D eigenvalue weighted by Gasteiger charge is -2.04. The molecule has 0 heterocycles. The number of hydrogen-bond donors (Lipinski definition) is 4. The molecule has 1 rings (SSSR count). The molecule has 0 unspecified atom stereocenters. The van der Waals surface area contributed by atoms with Crippen molar-refractivity contribution >= 4 is 12.0 Å². The third-order valence-electron chi connectivity index (χ3n) is 1.77. The number of hydrogen-bond acceptors (Lipinski definition) is 3. The standard InChI is InChI=1S/C9H10N2O4/c10-8(13)6-3-5(1-2-7(6)12)4-11-9(14)15/h1-3,11-12H,4H2,(H2,10,13)(H,14,15). The van der Waals surface area contributed by atoms with Crippen molar-refractivity contribution in [3.05, 3.63) is 29.3 Å². The second kappa shape index (κ2) is 4.32. The Morgan fingerprint density at radius 1 is 1.40 bits per heavy atom. The minimum absolute atomic E-state index is 0.0281. The van der Waals surface area contributed by atoms with Crippen LogP contribution in [-0.4, -0.2) is 22.2 Å². The van der Waals surface area contributed by atoms with E-state index in [9.17, 15) is 14.7 Å². The fraction of sp³-hybridized carbons (Fsp3) is 0.111. The van der Waals surface area contributed by atoms with Crippen LogP contribution < -0.4 is 11.1 Å². The zero-order chi connectivity index (χ0) is 11.4. The number of rotatable bonds is 3. The van der Waals surface area contributed by atoms with Crippen molar-refractivity contribution in [2.75, 3.05) is 0 Å². The number of benzene rings is 1. The molecule has 0 aliphatic carbocycles. The van der Waals surface area contributed by atoms with Gasteiger partial charge in [0, 0.05) is 6.54 Å². The Morgan fingerprint density at radius 2 is 2.07 bits per heavy atom. The molecule has 2 amide bonds. The van der Waals surface area contributed by atoms with Gasteiger partial charge in [0.1, 0.15) is 5.75 Å². The van der Waals surface area contributed by atoms with Crippen molar-refractivity contribution in [1.29, 1.82) is 0 Å². The van der Waals surface area contributed by atoms with Gasteiger partial charge in [-0.1, -0.05) is 6.07 Å². The maximum Gasteiger partial charge on any atom is 0.404 e. The van der Waals surface area contributed by atoms with E-state index >= 15 is 0 Å². The first-order valence-electron chi connectivity index (χ1n) is 4.09. The van der Waals surface area contributed by atoms with Crippen molar-refractivity contribution < 1.29 is 19.8 Å². The third kappa shape index (κ3) is 2.87. The molecule has 0 fully saturated rings. The first-order valence-corrected chi connectivity index (χ1v) is 4.09. The van der Waals surface area contributed by atoms with E-state index in [4.69, 9.17) is 10.8 Å². The predicted octanol–water partition coefficient (Wildman–Crippen LogP) is 0.259. The monoisotopic (exact) mass is 210 g/mol. The van der Waals surface area contributed by atoms with E-state index < -0.39 is 12.0 Å². The molecule has 0 aliphatic heterocycles. The van der Waals surface area contributed by atoms with E-state index in [1.807, 2.05) is 0 Å². The lowest BCUT2D eigenvalue weighted by atomic mass is 10.1. The molecule has 6 heteroatoms. The van der Waals surface area contributed by atoms with Gasteiger partial charge in [-0.3, -0.25) is 4.79 Å². The van der Waals surface area contributed by atoms with Crippen molar-refractivity contribution in [2.24, 2.45) is 5.73 Å². The van der Waals surface area contributed by atoms with Crippen LogP contribution in [0.1, 0.15) is 15.9 Å². The predicted molar refractivity (Wildman–Crippen MR) is 51.5 cm³/mol. The van der Waals surface area contributed by atoms with E-state index in [-0.39, 0.29) is 17.9 Å². The number of primary amides is 1. The highest BCUT2D eigenvalue weighted by Gasteiger charge is 2.08. The van der Waals surface area contributed by atoms with Gasteiger partial charge in [0.15, 0.2) is 0 Å². The fourth-order valence-corrected chi connectivity index (χ4v) is 1.07. The van der Waals surface area contributed by atoms with Crippen LogP contribution in [0.4, 0.5) is 4.79 Å². The molecule has 1 aromatic carbocycles. The molecule has 0 aliphatic rings. The van der Waals surface area contributed by atoms with Gasteiger partial charge in [-0.2, -0.15) is 0 Å². The van der Waals surface area contributed by atoms with Crippen LogP contribution >= 0.6 is 0 Å². The van der Waals surface area contributed by atoms with Crippen molar-refractivity contribution in [1.82, 2.24) is 5.32 Å². The number of nitrogens with one attached hydrogen (secondary N) is 1. The third-order valence-corrected chi connectivity index (χ3v) is 1.77. The summed E-state index contributed by atoms with van der Waals surface area (Å²) in [5.74, 6) is -0.980. The van der Waals surface area contributed by atoms with Crippen LogP contribution in [0.5, 0.6) is 5.75 Å². The van der Waals surface area contributed by atoms with Gasteiger partial charge in [-0.25, -0.2) is 4.79 Å². The molecule has 0 saturated heterocycles. The van der Waals surface area contributed by atoms with E-state index in [0.29, 0.717) is 5.56 Å². The molecule has 0 aromatic heterocycles. The topological polar surface area (TPSA) is 113 Å². The van der Waals surface area contributed by atoms with Gasteiger partial charge < -0.3 is 21.3 Å². The van der Waals surface area contributed by atoms with E-state index in [0.717, 1.165) is 0 Å². The molecular weight excluding hydrogens is 200 g/mol. The Hall–Kier alpha value is -2.24. The maximum atomic E-state index is 10.8. The highest BCUT2D eigenvalue weighted by molar-refractivity contribution is 5.95. The van der Waals surface area contributed by atoms with Gasteiger partial charge >= 0.3 is 6.09 Å².